The van der Waals surface area contributed by atoms with Crippen LogP contribution in [0.2, 0.25) is 0 Å². The number of rotatable bonds is 9. The smallest absolute Gasteiger partial charge is 0.331 e. The third kappa shape index (κ3) is 8.44. The summed E-state index contributed by atoms with van der Waals surface area (Å²) in [7, 11) is -3.55. The van der Waals surface area contributed by atoms with E-state index in [-0.39, 0.29) is 19.0 Å². The van der Waals surface area contributed by atoms with Crippen LogP contribution in [0.1, 0.15) is 19.4 Å². The molecule has 1 rings (SSSR count). The molecule has 0 aliphatic carbocycles. The first-order chi connectivity index (χ1) is 11.3. The third-order valence-electron chi connectivity index (χ3n) is 2.70. The number of benzene rings is 1. The van der Waals surface area contributed by atoms with Gasteiger partial charge in [-0.05, 0) is 19.4 Å². The summed E-state index contributed by atoms with van der Waals surface area (Å²) in [6, 6.07) is 8.14. The maximum absolute atomic E-state index is 12.0. The highest BCUT2D eigenvalue weighted by molar-refractivity contribution is 7.88. The van der Waals surface area contributed by atoms with Crippen molar-refractivity contribution < 1.29 is 27.5 Å². The van der Waals surface area contributed by atoms with E-state index in [1.54, 1.807) is 44.2 Å². The second-order valence-corrected chi connectivity index (χ2v) is 6.73. The van der Waals surface area contributed by atoms with Crippen LogP contribution in [0.5, 0.6) is 0 Å². The average Bonchev–Trinajstić information content (AvgIpc) is 2.51. The normalized spacial score (nSPS) is 12.8. The lowest BCUT2D eigenvalue weighted by Gasteiger charge is -2.14. The summed E-state index contributed by atoms with van der Waals surface area (Å²) in [6.45, 7) is 3.27. The number of nitrogens with one attached hydrogen (secondary N) is 1. The predicted octanol–water partition coefficient (Wildman–Crippen LogP) is 1.16. The highest BCUT2D eigenvalue weighted by atomic mass is 32.2. The molecular formula is C16H21NO6S. The zero-order chi connectivity index (χ0) is 18.0. The molecule has 0 saturated heterocycles. The molecule has 0 aliphatic rings. The van der Waals surface area contributed by atoms with E-state index >= 15 is 0 Å². The van der Waals surface area contributed by atoms with Crippen molar-refractivity contribution in [1.82, 2.24) is 4.72 Å². The Balaban J connectivity index is 2.41. The molecule has 0 amide bonds. The number of sulfonamides is 1. The van der Waals surface area contributed by atoms with E-state index in [2.05, 4.69) is 9.46 Å². The van der Waals surface area contributed by atoms with Crippen LogP contribution in [0.15, 0.2) is 42.5 Å². The SMILES string of the molecule is CCOC(=O)/C=C/C(=O)OCC(C)NS(=O)(=O)Cc1ccccc1. The fourth-order valence-electron chi connectivity index (χ4n) is 1.76. The van der Waals surface area contributed by atoms with Gasteiger partial charge in [0.25, 0.3) is 0 Å². The highest BCUT2D eigenvalue weighted by Gasteiger charge is 2.16. The summed E-state index contributed by atoms with van der Waals surface area (Å²) in [5.74, 6) is -1.56. The summed E-state index contributed by atoms with van der Waals surface area (Å²) in [5, 5.41) is 0. The molecule has 1 unspecified atom stereocenters. The molecule has 0 spiro atoms. The van der Waals surface area contributed by atoms with E-state index in [0.29, 0.717) is 5.56 Å². The van der Waals surface area contributed by atoms with E-state index in [1.807, 2.05) is 0 Å². The van der Waals surface area contributed by atoms with Crippen LogP contribution in [0.4, 0.5) is 0 Å². The third-order valence-corrected chi connectivity index (χ3v) is 4.17. The summed E-state index contributed by atoms with van der Waals surface area (Å²) >= 11 is 0. The number of hydrogen-bond acceptors (Lipinski definition) is 6. The van der Waals surface area contributed by atoms with Crippen molar-refractivity contribution in [2.75, 3.05) is 13.2 Å². The number of carbonyl (C=O) groups excluding carboxylic acids is 2. The van der Waals surface area contributed by atoms with Crippen LogP contribution in [0.3, 0.4) is 0 Å². The zero-order valence-corrected chi connectivity index (χ0v) is 14.4. The largest absolute Gasteiger partial charge is 0.463 e. The molecule has 0 aliphatic heterocycles. The van der Waals surface area contributed by atoms with Crippen molar-refractivity contribution in [3.8, 4) is 0 Å². The van der Waals surface area contributed by atoms with Gasteiger partial charge in [0.1, 0.15) is 6.61 Å². The van der Waals surface area contributed by atoms with Gasteiger partial charge in [0, 0.05) is 12.2 Å². The number of esters is 2. The van der Waals surface area contributed by atoms with Gasteiger partial charge in [-0.2, -0.15) is 0 Å². The number of ether oxygens (including phenoxy) is 2. The van der Waals surface area contributed by atoms with Gasteiger partial charge >= 0.3 is 11.9 Å². The van der Waals surface area contributed by atoms with Crippen molar-refractivity contribution >= 4 is 22.0 Å². The van der Waals surface area contributed by atoms with Gasteiger partial charge in [-0.15, -0.1) is 0 Å². The van der Waals surface area contributed by atoms with Crippen molar-refractivity contribution in [1.29, 1.82) is 0 Å². The first-order valence-electron chi connectivity index (χ1n) is 7.38. The average molecular weight is 355 g/mol. The summed E-state index contributed by atoms with van der Waals surface area (Å²) in [6.07, 6.45) is 1.89. The van der Waals surface area contributed by atoms with Crippen molar-refractivity contribution in [2.45, 2.75) is 25.6 Å². The van der Waals surface area contributed by atoms with Crippen LogP contribution >= 0.6 is 0 Å². The van der Waals surface area contributed by atoms with Crippen molar-refractivity contribution in [2.24, 2.45) is 0 Å². The van der Waals surface area contributed by atoms with E-state index < -0.39 is 28.0 Å². The molecule has 1 aromatic rings. The second kappa shape index (κ2) is 9.84. The zero-order valence-electron chi connectivity index (χ0n) is 13.6. The maximum atomic E-state index is 12.0. The minimum atomic E-state index is -3.55. The van der Waals surface area contributed by atoms with E-state index in [4.69, 9.17) is 4.74 Å². The second-order valence-electron chi connectivity index (χ2n) is 4.98. The van der Waals surface area contributed by atoms with Crippen LogP contribution in [0, 0.1) is 0 Å². The van der Waals surface area contributed by atoms with Gasteiger partial charge in [0.05, 0.1) is 18.4 Å². The Labute approximate surface area is 141 Å². The minimum Gasteiger partial charge on any atom is -0.463 e. The van der Waals surface area contributed by atoms with Crippen LogP contribution in [-0.2, 0) is 34.8 Å². The van der Waals surface area contributed by atoms with Gasteiger partial charge in [0.15, 0.2) is 0 Å². The molecule has 8 heteroatoms. The molecule has 0 saturated carbocycles. The van der Waals surface area contributed by atoms with Crippen molar-refractivity contribution in [3.05, 3.63) is 48.0 Å². The Morgan fingerprint density at radius 3 is 2.29 bits per heavy atom. The first kappa shape index (κ1) is 19.9. The molecule has 7 nitrogen and oxygen atoms in total. The van der Waals surface area contributed by atoms with Gasteiger partial charge in [-0.1, -0.05) is 30.3 Å². The van der Waals surface area contributed by atoms with Crippen LogP contribution in [0.25, 0.3) is 0 Å². The molecule has 0 fully saturated rings. The molecule has 1 atom stereocenters. The lowest BCUT2D eigenvalue weighted by Crippen LogP contribution is -2.37. The summed E-state index contributed by atoms with van der Waals surface area (Å²) in [5.41, 5.74) is 0.659. The maximum Gasteiger partial charge on any atom is 0.331 e. The molecule has 0 bridgehead atoms. The molecule has 24 heavy (non-hydrogen) atoms. The molecule has 0 radical (unpaired) electrons. The fraction of sp³-hybridized carbons (Fsp3) is 0.375. The van der Waals surface area contributed by atoms with Gasteiger partial charge < -0.3 is 9.47 Å². The van der Waals surface area contributed by atoms with E-state index in [0.717, 1.165) is 12.2 Å². The lowest BCUT2D eigenvalue weighted by atomic mass is 10.2. The Bertz CT molecular complexity index is 669. The Hall–Kier alpha value is -2.19. The Kier molecular flexibility index (Phi) is 8.14. The fourth-order valence-corrected chi connectivity index (χ4v) is 3.15. The van der Waals surface area contributed by atoms with Gasteiger partial charge in [-0.3, -0.25) is 0 Å². The Morgan fingerprint density at radius 1 is 1.12 bits per heavy atom. The van der Waals surface area contributed by atoms with E-state index in [1.165, 1.54) is 0 Å². The number of hydrogen-bond donors (Lipinski definition) is 1. The highest BCUT2D eigenvalue weighted by Crippen LogP contribution is 2.05. The molecule has 132 valence electrons. The van der Waals surface area contributed by atoms with Crippen LogP contribution in [-0.4, -0.2) is 39.6 Å². The topological polar surface area (TPSA) is 98.8 Å². The standard InChI is InChI=1S/C16H21NO6S/c1-3-22-15(18)9-10-16(19)23-11-13(2)17-24(20,21)12-14-7-5-4-6-8-14/h4-10,13,17H,3,11-12H2,1-2H3/b10-9+. The predicted molar refractivity (Wildman–Crippen MR) is 88.4 cm³/mol. The monoisotopic (exact) mass is 355 g/mol. The van der Waals surface area contributed by atoms with Crippen LogP contribution < -0.4 is 4.72 Å². The Morgan fingerprint density at radius 2 is 1.71 bits per heavy atom. The molecular weight excluding hydrogens is 334 g/mol. The van der Waals surface area contributed by atoms with E-state index in [9.17, 15) is 18.0 Å². The van der Waals surface area contributed by atoms with Gasteiger partial charge in [-0.25, -0.2) is 22.7 Å². The lowest BCUT2D eigenvalue weighted by molar-refractivity contribution is -0.140. The quantitative estimate of drug-likeness (QED) is 0.527. The number of carbonyl (C=O) groups is 2. The molecule has 0 aromatic heterocycles. The van der Waals surface area contributed by atoms with Gasteiger partial charge in [0.2, 0.25) is 10.0 Å². The molecule has 0 heterocycles. The minimum absolute atomic E-state index is 0.153. The first-order valence-corrected chi connectivity index (χ1v) is 9.03. The summed E-state index contributed by atoms with van der Waals surface area (Å²) < 4.78 is 35.9. The molecule has 1 N–H and O–H groups in total. The summed E-state index contributed by atoms with van der Waals surface area (Å²) in [4.78, 5) is 22.5. The molecule has 1 aromatic carbocycles. The van der Waals surface area contributed by atoms with Crippen molar-refractivity contribution in [3.63, 3.8) is 0 Å².